The lowest BCUT2D eigenvalue weighted by molar-refractivity contribution is 0.477. The van der Waals surface area contributed by atoms with E-state index in [4.69, 9.17) is 10.7 Å². The molecule has 0 spiro atoms. The number of phenolic OH excluding ortho intramolecular Hbond substituents is 1. The van der Waals surface area contributed by atoms with Crippen molar-refractivity contribution in [1.82, 2.24) is 9.97 Å². The highest BCUT2D eigenvalue weighted by Crippen LogP contribution is 2.34. The molecule has 0 fully saturated rings. The molecule has 4 heteroatoms. The Balaban J connectivity index is 1.84. The molecule has 25 heavy (non-hydrogen) atoms. The second-order valence-corrected chi connectivity index (χ2v) is 6.21. The maximum atomic E-state index is 10.2. The number of hydrogen-bond donors (Lipinski definition) is 3. The number of fused-ring (bicyclic) bond motifs is 5. The molecule has 5 rings (SSSR count). The molecule has 4 N–H and O–H groups in total. The zero-order chi connectivity index (χ0) is 17.0. The van der Waals surface area contributed by atoms with Crippen LogP contribution in [0.5, 0.6) is 5.75 Å². The first kappa shape index (κ1) is 13.9. The lowest BCUT2D eigenvalue weighted by Gasteiger charge is -2.04. The molecule has 0 aliphatic rings. The van der Waals surface area contributed by atoms with Crippen molar-refractivity contribution >= 4 is 38.3 Å². The fraction of sp³-hybridized carbons (Fsp3) is 0. The van der Waals surface area contributed by atoms with Crippen LogP contribution in [0.15, 0.2) is 66.7 Å². The molecule has 0 unspecified atom stereocenters. The molecule has 4 nitrogen and oxygen atoms in total. The molecule has 0 aliphatic carbocycles. The van der Waals surface area contributed by atoms with Crippen molar-refractivity contribution in [1.29, 1.82) is 0 Å². The van der Waals surface area contributed by atoms with Crippen LogP contribution in [0.25, 0.3) is 44.0 Å². The van der Waals surface area contributed by atoms with Gasteiger partial charge in [0.2, 0.25) is 0 Å². The Labute approximate surface area is 143 Å². The fourth-order valence-electron chi connectivity index (χ4n) is 3.43. The average Bonchev–Trinajstić information content (AvgIpc) is 3.07. The lowest BCUT2D eigenvalue weighted by atomic mass is 10.0. The van der Waals surface area contributed by atoms with Gasteiger partial charge in [-0.1, -0.05) is 42.5 Å². The summed E-state index contributed by atoms with van der Waals surface area (Å²) in [6, 6.07) is 21.7. The predicted octanol–water partition coefficient (Wildman–Crippen LogP) is 4.82. The minimum Gasteiger partial charge on any atom is -0.507 e. The zero-order valence-electron chi connectivity index (χ0n) is 13.3. The third kappa shape index (κ3) is 2.04. The van der Waals surface area contributed by atoms with Gasteiger partial charge < -0.3 is 15.8 Å². The number of aromatic hydroxyl groups is 1. The zero-order valence-corrected chi connectivity index (χ0v) is 13.3. The van der Waals surface area contributed by atoms with Crippen molar-refractivity contribution in [3.05, 3.63) is 66.7 Å². The highest BCUT2D eigenvalue weighted by molar-refractivity contribution is 6.15. The van der Waals surface area contributed by atoms with Crippen LogP contribution in [0.2, 0.25) is 0 Å². The minimum atomic E-state index is 0.156. The van der Waals surface area contributed by atoms with Crippen LogP contribution in [-0.2, 0) is 0 Å². The van der Waals surface area contributed by atoms with E-state index in [1.54, 1.807) is 18.2 Å². The molecule has 0 atom stereocenters. The Morgan fingerprint density at radius 3 is 2.60 bits per heavy atom. The number of aromatic amines is 1. The summed E-state index contributed by atoms with van der Waals surface area (Å²) < 4.78 is 0. The van der Waals surface area contributed by atoms with Gasteiger partial charge in [0.1, 0.15) is 11.6 Å². The molecule has 0 saturated heterocycles. The molecule has 5 aromatic rings. The Hall–Kier alpha value is -3.53. The molecule has 4 aromatic carbocycles. The van der Waals surface area contributed by atoms with E-state index in [1.807, 2.05) is 18.2 Å². The number of nitrogen functional groups attached to an aromatic ring is 1. The minimum absolute atomic E-state index is 0.156. The number of nitrogens with zero attached hydrogens (tertiary/aromatic N) is 1. The number of benzene rings is 4. The van der Waals surface area contributed by atoms with E-state index >= 15 is 0 Å². The van der Waals surface area contributed by atoms with E-state index in [0.29, 0.717) is 17.1 Å². The number of phenols is 1. The topological polar surface area (TPSA) is 74.9 Å². The summed E-state index contributed by atoms with van der Waals surface area (Å²) in [4.78, 5) is 8.04. The van der Waals surface area contributed by atoms with Crippen LogP contribution in [-0.4, -0.2) is 15.1 Å². The van der Waals surface area contributed by atoms with E-state index in [1.165, 1.54) is 16.2 Å². The van der Waals surface area contributed by atoms with Crippen LogP contribution >= 0.6 is 0 Å². The highest BCUT2D eigenvalue weighted by atomic mass is 16.3. The van der Waals surface area contributed by atoms with Crippen LogP contribution in [0.1, 0.15) is 0 Å². The molecule has 0 amide bonds. The van der Waals surface area contributed by atoms with Crippen molar-refractivity contribution < 1.29 is 5.11 Å². The van der Waals surface area contributed by atoms with E-state index < -0.39 is 0 Å². The molecule has 0 radical (unpaired) electrons. The van der Waals surface area contributed by atoms with E-state index in [9.17, 15) is 5.11 Å². The van der Waals surface area contributed by atoms with Crippen molar-refractivity contribution in [2.24, 2.45) is 0 Å². The van der Waals surface area contributed by atoms with Crippen LogP contribution in [0, 0.1) is 0 Å². The number of rotatable bonds is 1. The number of nitrogens with one attached hydrogen (secondary N) is 1. The molecule has 1 aromatic heterocycles. The van der Waals surface area contributed by atoms with Gasteiger partial charge >= 0.3 is 0 Å². The van der Waals surface area contributed by atoms with Gasteiger partial charge in [0.05, 0.1) is 16.6 Å². The number of imidazole rings is 1. The molecule has 0 aliphatic heterocycles. The molecule has 0 saturated carbocycles. The van der Waals surface area contributed by atoms with Gasteiger partial charge in [-0.2, -0.15) is 0 Å². The Kier molecular flexibility index (Phi) is 2.76. The number of nitrogens with two attached hydrogens (primary N) is 1. The SMILES string of the molecule is Nc1ccc(O)c(-c2nc3c(ccc4c5ccccc5ccc43)[nH]2)c1. The van der Waals surface area contributed by atoms with Crippen molar-refractivity contribution in [3.8, 4) is 17.1 Å². The predicted molar refractivity (Wildman–Crippen MR) is 103 cm³/mol. The quantitative estimate of drug-likeness (QED) is 0.235. The second-order valence-electron chi connectivity index (χ2n) is 6.21. The summed E-state index contributed by atoms with van der Waals surface area (Å²) in [5.74, 6) is 0.767. The van der Waals surface area contributed by atoms with Gasteiger partial charge in [-0.25, -0.2) is 4.98 Å². The Bertz CT molecular complexity index is 1270. The second kappa shape index (κ2) is 4.98. The van der Waals surface area contributed by atoms with Gasteiger partial charge in [-0.15, -0.1) is 0 Å². The van der Waals surface area contributed by atoms with Crippen molar-refractivity contribution in [3.63, 3.8) is 0 Å². The van der Waals surface area contributed by atoms with Gasteiger partial charge in [-0.05, 0) is 40.4 Å². The number of hydrogen-bond acceptors (Lipinski definition) is 3. The van der Waals surface area contributed by atoms with E-state index in [0.717, 1.165) is 16.4 Å². The molecule has 120 valence electrons. The van der Waals surface area contributed by atoms with E-state index in [-0.39, 0.29) is 5.75 Å². The van der Waals surface area contributed by atoms with Gasteiger partial charge in [-0.3, -0.25) is 0 Å². The summed E-state index contributed by atoms with van der Waals surface area (Å²) in [7, 11) is 0. The highest BCUT2D eigenvalue weighted by Gasteiger charge is 2.13. The molecular formula is C21H15N3O. The first-order valence-corrected chi connectivity index (χ1v) is 8.10. The van der Waals surface area contributed by atoms with Gasteiger partial charge in [0.25, 0.3) is 0 Å². The molecule has 0 bridgehead atoms. The van der Waals surface area contributed by atoms with Crippen molar-refractivity contribution in [2.75, 3.05) is 5.73 Å². The number of aromatic nitrogens is 2. The summed E-state index contributed by atoms with van der Waals surface area (Å²) >= 11 is 0. The van der Waals surface area contributed by atoms with E-state index in [2.05, 4.69) is 35.3 Å². The maximum absolute atomic E-state index is 10.2. The van der Waals surface area contributed by atoms with Gasteiger partial charge in [0, 0.05) is 11.1 Å². The summed E-state index contributed by atoms with van der Waals surface area (Å²) in [5.41, 5.74) is 8.87. The summed E-state index contributed by atoms with van der Waals surface area (Å²) in [6.45, 7) is 0. The largest absolute Gasteiger partial charge is 0.507 e. The van der Waals surface area contributed by atoms with Crippen LogP contribution in [0.4, 0.5) is 5.69 Å². The monoisotopic (exact) mass is 325 g/mol. The number of H-pyrrole nitrogens is 1. The summed E-state index contributed by atoms with van der Waals surface area (Å²) in [5, 5.41) is 14.8. The molecule has 1 heterocycles. The third-order valence-corrected chi connectivity index (χ3v) is 4.65. The number of anilines is 1. The maximum Gasteiger partial charge on any atom is 0.142 e. The fourth-order valence-corrected chi connectivity index (χ4v) is 3.43. The van der Waals surface area contributed by atoms with Gasteiger partial charge in [0.15, 0.2) is 0 Å². The van der Waals surface area contributed by atoms with Crippen molar-refractivity contribution in [2.45, 2.75) is 0 Å². The average molecular weight is 325 g/mol. The van der Waals surface area contributed by atoms with Crippen LogP contribution < -0.4 is 5.73 Å². The first-order valence-electron chi connectivity index (χ1n) is 8.10. The third-order valence-electron chi connectivity index (χ3n) is 4.65. The van der Waals surface area contributed by atoms with Crippen LogP contribution in [0.3, 0.4) is 0 Å². The first-order chi connectivity index (χ1) is 12.2. The summed E-state index contributed by atoms with van der Waals surface area (Å²) in [6.07, 6.45) is 0. The smallest absolute Gasteiger partial charge is 0.142 e. The standard InChI is InChI=1S/C21H15N3O/c22-13-6-10-19(25)17(11-13)21-23-18-9-8-15-14-4-2-1-3-12(14)5-7-16(15)20(18)24-21/h1-11,25H,22H2,(H,23,24). The Morgan fingerprint density at radius 1 is 0.840 bits per heavy atom. The Morgan fingerprint density at radius 2 is 1.68 bits per heavy atom. The lowest BCUT2D eigenvalue weighted by Crippen LogP contribution is -1.87. The normalized spacial score (nSPS) is 11.5. The molecular weight excluding hydrogens is 310 g/mol.